The van der Waals surface area contributed by atoms with Crippen molar-refractivity contribution < 1.29 is 4.79 Å². The van der Waals surface area contributed by atoms with Gasteiger partial charge in [-0.15, -0.1) is 0 Å². The van der Waals surface area contributed by atoms with E-state index in [0.717, 1.165) is 12.8 Å². The maximum absolute atomic E-state index is 11.6. The summed E-state index contributed by atoms with van der Waals surface area (Å²) in [5, 5.41) is 0. The van der Waals surface area contributed by atoms with Crippen molar-refractivity contribution in [1.29, 1.82) is 0 Å². The van der Waals surface area contributed by atoms with Crippen LogP contribution in [0, 0.1) is 16.7 Å². The molecule has 0 heterocycles. The van der Waals surface area contributed by atoms with E-state index in [2.05, 4.69) is 34.6 Å². The zero-order chi connectivity index (χ0) is 9.57. The van der Waals surface area contributed by atoms with Crippen LogP contribution in [0.1, 0.15) is 47.5 Å². The van der Waals surface area contributed by atoms with Gasteiger partial charge in [-0.2, -0.15) is 0 Å². The molecular weight excluding hydrogens is 148 g/mol. The fourth-order valence-corrected chi connectivity index (χ4v) is 2.67. The van der Waals surface area contributed by atoms with E-state index in [1.54, 1.807) is 0 Å². The molecule has 1 aliphatic carbocycles. The van der Waals surface area contributed by atoms with E-state index in [-0.39, 0.29) is 10.8 Å². The van der Waals surface area contributed by atoms with E-state index in [1.807, 2.05) is 0 Å². The molecule has 1 atom stereocenters. The van der Waals surface area contributed by atoms with Gasteiger partial charge < -0.3 is 0 Å². The molecule has 12 heavy (non-hydrogen) atoms. The molecule has 1 fully saturated rings. The molecule has 0 aromatic heterocycles. The van der Waals surface area contributed by atoms with Gasteiger partial charge in [0.1, 0.15) is 5.78 Å². The summed E-state index contributed by atoms with van der Waals surface area (Å²) in [7, 11) is 0. The second-order valence-electron chi connectivity index (χ2n) is 5.60. The average Bonchev–Trinajstić information content (AvgIpc) is 2.06. The van der Waals surface area contributed by atoms with Crippen molar-refractivity contribution in [2.75, 3.05) is 0 Å². The second kappa shape index (κ2) is 2.58. The van der Waals surface area contributed by atoms with Crippen LogP contribution >= 0.6 is 0 Å². The van der Waals surface area contributed by atoms with Gasteiger partial charge in [-0.1, -0.05) is 34.6 Å². The lowest BCUT2D eigenvalue weighted by Crippen LogP contribution is -2.33. The van der Waals surface area contributed by atoms with Crippen molar-refractivity contribution in [3.8, 4) is 0 Å². The van der Waals surface area contributed by atoms with Gasteiger partial charge in [0, 0.05) is 11.8 Å². The molecule has 0 radical (unpaired) electrons. The van der Waals surface area contributed by atoms with Gasteiger partial charge in [-0.05, 0) is 17.8 Å². The molecule has 0 spiro atoms. The Hall–Kier alpha value is -0.330. The Morgan fingerprint density at radius 2 is 1.83 bits per heavy atom. The Bertz CT molecular complexity index is 196. The van der Waals surface area contributed by atoms with Gasteiger partial charge in [0.25, 0.3) is 0 Å². The van der Waals surface area contributed by atoms with Gasteiger partial charge >= 0.3 is 0 Å². The van der Waals surface area contributed by atoms with Crippen molar-refractivity contribution in [3.63, 3.8) is 0 Å². The molecule has 70 valence electrons. The maximum Gasteiger partial charge on any atom is 0.138 e. The fourth-order valence-electron chi connectivity index (χ4n) is 2.67. The quantitative estimate of drug-likeness (QED) is 0.543. The molecule has 0 aromatic rings. The summed E-state index contributed by atoms with van der Waals surface area (Å²) in [6, 6.07) is 0. The van der Waals surface area contributed by atoms with Crippen molar-refractivity contribution in [2.24, 2.45) is 16.7 Å². The van der Waals surface area contributed by atoms with E-state index >= 15 is 0 Å². The normalized spacial score (nSPS) is 29.4. The van der Waals surface area contributed by atoms with Crippen molar-refractivity contribution in [1.82, 2.24) is 0 Å². The molecule has 0 N–H and O–H groups in total. The number of hydrogen-bond acceptors (Lipinski definition) is 1. The highest BCUT2D eigenvalue weighted by molar-refractivity contribution is 5.86. The van der Waals surface area contributed by atoms with Crippen LogP contribution in [0.15, 0.2) is 0 Å². The Labute approximate surface area is 75.5 Å². The molecule has 1 saturated carbocycles. The first-order valence-corrected chi connectivity index (χ1v) is 4.79. The van der Waals surface area contributed by atoms with Crippen LogP contribution in [0.4, 0.5) is 0 Å². The highest BCUT2D eigenvalue weighted by atomic mass is 16.1. The minimum atomic E-state index is -0.0851. The third kappa shape index (κ3) is 1.41. The van der Waals surface area contributed by atoms with Gasteiger partial charge in [-0.3, -0.25) is 4.79 Å². The Kier molecular flexibility index (Phi) is 2.10. The molecule has 1 rings (SSSR count). The highest BCUT2D eigenvalue weighted by Gasteiger charge is 2.46. The van der Waals surface area contributed by atoms with Crippen LogP contribution in [0.2, 0.25) is 0 Å². The fraction of sp³-hybridized carbons (Fsp3) is 0.909. The first kappa shape index (κ1) is 9.76. The lowest BCUT2D eigenvalue weighted by molar-refractivity contribution is -0.126. The molecule has 0 amide bonds. The average molecular weight is 168 g/mol. The van der Waals surface area contributed by atoms with Crippen LogP contribution in [-0.2, 0) is 4.79 Å². The molecule has 1 unspecified atom stereocenters. The topological polar surface area (TPSA) is 17.1 Å². The number of hydrogen-bond donors (Lipinski definition) is 0. The summed E-state index contributed by atoms with van der Waals surface area (Å²) >= 11 is 0. The van der Waals surface area contributed by atoms with Crippen LogP contribution in [0.25, 0.3) is 0 Å². The summed E-state index contributed by atoms with van der Waals surface area (Å²) in [6.45, 7) is 10.9. The SMILES string of the molecule is CC(C)(C)C1CCC(=O)C1(C)C. The van der Waals surface area contributed by atoms with E-state index in [4.69, 9.17) is 0 Å². The summed E-state index contributed by atoms with van der Waals surface area (Å²) in [5.41, 5.74) is 0.188. The van der Waals surface area contributed by atoms with E-state index in [0.29, 0.717) is 11.7 Å². The first-order chi connectivity index (χ1) is 5.26. The molecule has 0 bridgehead atoms. The zero-order valence-electron chi connectivity index (χ0n) is 8.90. The van der Waals surface area contributed by atoms with E-state index < -0.39 is 0 Å². The second-order valence-corrected chi connectivity index (χ2v) is 5.60. The maximum atomic E-state index is 11.6. The molecule has 0 saturated heterocycles. The van der Waals surface area contributed by atoms with Gasteiger partial charge in [0.05, 0.1) is 0 Å². The molecule has 0 aromatic carbocycles. The van der Waals surface area contributed by atoms with Crippen LogP contribution in [0.5, 0.6) is 0 Å². The zero-order valence-corrected chi connectivity index (χ0v) is 8.90. The lowest BCUT2D eigenvalue weighted by atomic mass is 9.67. The van der Waals surface area contributed by atoms with Crippen molar-refractivity contribution in [2.45, 2.75) is 47.5 Å². The van der Waals surface area contributed by atoms with Crippen LogP contribution < -0.4 is 0 Å². The molecule has 1 nitrogen and oxygen atoms in total. The Balaban J connectivity index is 2.89. The predicted octanol–water partition coefficient (Wildman–Crippen LogP) is 3.04. The Morgan fingerprint density at radius 1 is 1.33 bits per heavy atom. The predicted molar refractivity (Wildman–Crippen MR) is 51.0 cm³/mol. The van der Waals surface area contributed by atoms with Crippen LogP contribution in [0.3, 0.4) is 0 Å². The highest BCUT2D eigenvalue weighted by Crippen LogP contribution is 2.48. The summed E-state index contributed by atoms with van der Waals surface area (Å²) in [5.74, 6) is 1.000. The summed E-state index contributed by atoms with van der Waals surface area (Å²) in [6.07, 6.45) is 1.87. The lowest BCUT2D eigenvalue weighted by Gasteiger charge is -2.36. The van der Waals surface area contributed by atoms with Gasteiger partial charge in [-0.25, -0.2) is 0 Å². The standard InChI is InChI=1S/C11H20O/c1-10(2,3)8-6-7-9(12)11(8,4)5/h8H,6-7H2,1-5H3. The van der Waals surface area contributed by atoms with Gasteiger partial charge in [0.15, 0.2) is 0 Å². The van der Waals surface area contributed by atoms with Gasteiger partial charge in [0.2, 0.25) is 0 Å². The summed E-state index contributed by atoms with van der Waals surface area (Å²) in [4.78, 5) is 11.6. The minimum Gasteiger partial charge on any atom is -0.299 e. The van der Waals surface area contributed by atoms with E-state index in [1.165, 1.54) is 0 Å². The Morgan fingerprint density at radius 3 is 2.00 bits per heavy atom. The number of rotatable bonds is 0. The minimum absolute atomic E-state index is 0.0851. The molecular formula is C11H20O. The third-order valence-corrected chi connectivity index (χ3v) is 3.30. The smallest absolute Gasteiger partial charge is 0.138 e. The van der Waals surface area contributed by atoms with Crippen LogP contribution in [-0.4, -0.2) is 5.78 Å². The summed E-state index contributed by atoms with van der Waals surface area (Å²) < 4.78 is 0. The number of Topliss-reactive ketones (excluding diaryl/α,β-unsaturated/α-hetero) is 1. The van der Waals surface area contributed by atoms with Crippen molar-refractivity contribution >= 4 is 5.78 Å². The molecule has 0 aliphatic heterocycles. The largest absolute Gasteiger partial charge is 0.299 e. The number of carbonyl (C=O) groups excluding carboxylic acids is 1. The number of ketones is 1. The third-order valence-electron chi connectivity index (χ3n) is 3.30. The van der Waals surface area contributed by atoms with E-state index in [9.17, 15) is 4.79 Å². The van der Waals surface area contributed by atoms with Crippen molar-refractivity contribution in [3.05, 3.63) is 0 Å². The first-order valence-electron chi connectivity index (χ1n) is 4.79. The monoisotopic (exact) mass is 168 g/mol. The number of carbonyl (C=O) groups is 1. The molecule has 1 aliphatic rings. The molecule has 1 heteroatoms.